The minimum Gasteiger partial charge on any atom is -0.395 e. The van der Waals surface area contributed by atoms with E-state index < -0.39 is 29.2 Å². The van der Waals surface area contributed by atoms with Gasteiger partial charge in [0.05, 0.1) is 17.9 Å². The molecule has 1 heterocycles. The van der Waals surface area contributed by atoms with Crippen LogP contribution in [0, 0.1) is 18.6 Å². The second-order valence-corrected chi connectivity index (χ2v) is 4.25. The summed E-state index contributed by atoms with van der Waals surface area (Å²) in [4.78, 5) is 0. The summed E-state index contributed by atoms with van der Waals surface area (Å²) in [5.74, 6) is -2.10. The third kappa shape index (κ3) is 2.59. The lowest BCUT2D eigenvalue weighted by molar-refractivity contribution is -0.140. The van der Waals surface area contributed by atoms with Crippen LogP contribution in [-0.4, -0.2) is 9.78 Å². The van der Waals surface area contributed by atoms with Crippen LogP contribution in [0.1, 0.15) is 17.0 Å². The van der Waals surface area contributed by atoms with Crippen molar-refractivity contribution in [1.29, 1.82) is 0 Å². The van der Waals surface area contributed by atoms with Gasteiger partial charge in [-0.2, -0.15) is 18.3 Å². The molecule has 0 saturated heterocycles. The molecule has 0 bridgehead atoms. The van der Waals surface area contributed by atoms with Crippen molar-refractivity contribution >= 4 is 5.69 Å². The normalized spacial score (nSPS) is 11.9. The number of anilines is 1. The van der Waals surface area contributed by atoms with Crippen LogP contribution in [0.3, 0.4) is 0 Å². The second-order valence-electron chi connectivity index (χ2n) is 4.25. The summed E-state index contributed by atoms with van der Waals surface area (Å²) in [5, 5.41) is 3.38. The zero-order valence-corrected chi connectivity index (χ0v) is 10.3. The van der Waals surface area contributed by atoms with E-state index in [4.69, 9.17) is 5.73 Å². The Bertz CT molecular complexity index is 645. The highest BCUT2D eigenvalue weighted by molar-refractivity contribution is 5.49. The lowest BCUT2D eigenvalue weighted by atomic mass is 10.2. The van der Waals surface area contributed by atoms with Crippen molar-refractivity contribution in [3.05, 3.63) is 46.8 Å². The standard InChI is InChI=1S/C12H10F5N3/c1-6-10(18)11(12(15,16)17)19-20(6)5-7-2-3-8(13)9(14)4-7/h2-4H,5,18H2,1H3. The average Bonchev–Trinajstić information content (AvgIpc) is 2.62. The summed E-state index contributed by atoms with van der Waals surface area (Å²) in [7, 11) is 0. The van der Waals surface area contributed by atoms with Gasteiger partial charge >= 0.3 is 6.18 Å². The summed E-state index contributed by atoms with van der Waals surface area (Å²) >= 11 is 0. The summed E-state index contributed by atoms with van der Waals surface area (Å²) in [6.45, 7) is 1.24. The number of hydrogen-bond acceptors (Lipinski definition) is 2. The van der Waals surface area contributed by atoms with Gasteiger partial charge in [-0.25, -0.2) is 8.78 Å². The molecule has 0 saturated carbocycles. The van der Waals surface area contributed by atoms with E-state index in [1.807, 2.05) is 0 Å². The summed E-state index contributed by atoms with van der Waals surface area (Å²) in [6.07, 6.45) is -4.66. The van der Waals surface area contributed by atoms with E-state index >= 15 is 0 Å². The maximum Gasteiger partial charge on any atom is 0.437 e. The minimum absolute atomic E-state index is 0.113. The maximum absolute atomic E-state index is 13.0. The Morgan fingerprint density at radius 3 is 2.35 bits per heavy atom. The number of halogens is 5. The number of aromatic nitrogens is 2. The molecule has 0 aliphatic carbocycles. The van der Waals surface area contributed by atoms with Crippen LogP contribution in [0.25, 0.3) is 0 Å². The van der Waals surface area contributed by atoms with Crippen LogP contribution in [-0.2, 0) is 12.7 Å². The number of hydrogen-bond donors (Lipinski definition) is 1. The SMILES string of the molecule is Cc1c(N)c(C(F)(F)F)nn1Cc1ccc(F)c(F)c1. The van der Waals surface area contributed by atoms with Gasteiger partial charge in [-0.3, -0.25) is 4.68 Å². The van der Waals surface area contributed by atoms with E-state index in [9.17, 15) is 22.0 Å². The van der Waals surface area contributed by atoms with Crippen molar-refractivity contribution in [2.24, 2.45) is 0 Å². The first-order valence-corrected chi connectivity index (χ1v) is 5.54. The molecule has 20 heavy (non-hydrogen) atoms. The fraction of sp³-hybridized carbons (Fsp3) is 0.250. The zero-order chi connectivity index (χ0) is 15.1. The lowest BCUT2D eigenvalue weighted by Crippen LogP contribution is -2.10. The maximum atomic E-state index is 13.0. The summed E-state index contributed by atoms with van der Waals surface area (Å²) < 4.78 is 64.7. The largest absolute Gasteiger partial charge is 0.437 e. The topological polar surface area (TPSA) is 43.8 Å². The van der Waals surface area contributed by atoms with Crippen molar-refractivity contribution < 1.29 is 22.0 Å². The van der Waals surface area contributed by atoms with Crippen LogP contribution in [0.2, 0.25) is 0 Å². The zero-order valence-electron chi connectivity index (χ0n) is 10.3. The van der Waals surface area contributed by atoms with Crippen LogP contribution >= 0.6 is 0 Å². The molecular formula is C12H10F5N3. The Morgan fingerprint density at radius 2 is 1.85 bits per heavy atom. The van der Waals surface area contributed by atoms with Crippen molar-refractivity contribution in [1.82, 2.24) is 9.78 Å². The molecule has 0 aliphatic rings. The van der Waals surface area contributed by atoms with E-state index in [0.29, 0.717) is 0 Å². The number of nitrogen functional groups attached to an aromatic ring is 1. The van der Waals surface area contributed by atoms with Crippen molar-refractivity contribution in [2.75, 3.05) is 5.73 Å². The van der Waals surface area contributed by atoms with Crippen LogP contribution < -0.4 is 5.73 Å². The molecule has 0 radical (unpaired) electrons. The number of benzene rings is 1. The van der Waals surface area contributed by atoms with Gasteiger partial charge in [0.1, 0.15) is 0 Å². The number of nitrogens with zero attached hydrogens (tertiary/aromatic N) is 2. The molecule has 3 nitrogen and oxygen atoms in total. The minimum atomic E-state index is -4.66. The van der Waals surface area contributed by atoms with E-state index in [0.717, 1.165) is 16.8 Å². The highest BCUT2D eigenvalue weighted by Gasteiger charge is 2.37. The molecule has 2 N–H and O–H groups in total. The highest BCUT2D eigenvalue weighted by atomic mass is 19.4. The summed E-state index contributed by atoms with van der Waals surface area (Å²) in [5.41, 5.74) is 4.10. The third-order valence-electron chi connectivity index (χ3n) is 2.84. The molecule has 1 aromatic heterocycles. The van der Waals surface area contributed by atoms with Gasteiger partial charge in [0.15, 0.2) is 17.3 Å². The predicted octanol–water partition coefficient (Wildman–Crippen LogP) is 3.12. The van der Waals surface area contributed by atoms with Gasteiger partial charge in [-0.15, -0.1) is 0 Å². The number of nitrogens with two attached hydrogens (primary N) is 1. The van der Waals surface area contributed by atoms with Gasteiger partial charge in [0.25, 0.3) is 0 Å². The third-order valence-corrected chi connectivity index (χ3v) is 2.84. The molecule has 2 aromatic rings. The van der Waals surface area contributed by atoms with E-state index in [2.05, 4.69) is 5.10 Å². The van der Waals surface area contributed by atoms with E-state index in [1.54, 1.807) is 0 Å². The molecule has 0 atom stereocenters. The van der Waals surface area contributed by atoms with Gasteiger partial charge in [0, 0.05) is 0 Å². The Labute approximate surface area is 110 Å². The van der Waals surface area contributed by atoms with E-state index in [1.165, 1.54) is 13.0 Å². The molecule has 0 spiro atoms. The monoisotopic (exact) mass is 291 g/mol. The predicted molar refractivity (Wildman–Crippen MR) is 61.8 cm³/mol. The van der Waals surface area contributed by atoms with Crippen LogP contribution in [0.4, 0.5) is 27.6 Å². The smallest absolute Gasteiger partial charge is 0.395 e. The lowest BCUT2D eigenvalue weighted by Gasteiger charge is -2.05. The highest BCUT2D eigenvalue weighted by Crippen LogP contribution is 2.34. The van der Waals surface area contributed by atoms with Crippen molar-refractivity contribution in [2.45, 2.75) is 19.6 Å². The number of alkyl halides is 3. The first kappa shape index (κ1) is 14.3. The van der Waals surface area contributed by atoms with Gasteiger partial charge in [-0.05, 0) is 24.6 Å². The molecule has 108 valence electrons. The fourth-order valence-electron chi connectivity index (χ4n) is 1.73. The van der Waals surface area contributed by atoms with E-state index in [-0.39, 0.29) is 17.8 Å². The Balaban J connectivity index is 2.37. The van der Waals surface area contributed by atoms with Gasteiger partial charge in [-0.1, -0.05) is 6.07 Å². The number of rotatable bonds is 2. The molecule has 2 rings (SSSR count). The molecule has 1 aromatic carbocycles. The van der Waals surface area contributed by atoms with Crippen LogP contribution in [0.5, 0.6) is 0 Å². The molecule has 0 amide bonds. The molecule has 0 aliphatic heterocycles. The van der Waals surface area contributed by atoms with Crippen molar-refractivity contribution in [3.8, 4) is 0 Å². The Morgan fingerprint density at radius 1 is 1.20 bits per heavy atom. The van der Waals surface area contributed by atoms with Gasteiger partial charge in [0.2, 0.25) is 0 Å². The quantitative estimate of drug-likeness (QED) is 0.864. The molecule has 8 heteroatoms. The molecule has 0 fully saturated rings. The average molecular weight is 291 g/mol. The molecular weight excluding hydrogens is 281 g/mol. The fourth-order valence-corrected chi connectivity index (χ4v) is 1.73. The second kappa shape index (κ2) is 4.77. The van der Waals surface area contributed by atoms with Crippen molar-refractivity contribution in [3.63, 3.8) is 0 Å². The van der Waals surface area contributed by atoms with Crippen LogP contribution in [0.15, 0.2) is 18.2 Å². The first-order valence-electron chi connectivity index (χ1n) is 5.54. The summed E-state index contributed by atoms with van der Waals surface area (Å²) in [6, 6.07) is 3.07. The van der Waals surface area contributed by atoms with Gasteiger partial charge < -0.3 is 5.73 Å². The Kier molecular flexibility index (Phi) is 3.41. The first-order chi connectivity index (χ1) is 9.20. The Hall–Kier alpha value is -2.12. The molecule has 0 unspecified atom stereocenters.